The van der Waals surface area contributed by atoms with Crippen molar-refractivity contribution in [3.8, 4) is 0 Å². The lowest BCUT2D eigenvalue weighted by Crippen LogP contribution is -2.29. The zero-order chi connectivity index (χ0) is 10.7. The topological polar surface area (TPSA) is 12.0 Å². The molecular formula is C13H18FN. The van der Waals surface area contributed by atoms with Crippen LogP contribution in [0.15, 0.2) is 24.3 Å². The minimum absolute atomic E-state index is 0.155. The van der Waals surface area contributed by atoms with Gasteiger partial charge in [0.15, 0.2) is 0 Å². The summed E-state index contributed by atoms with van der Waals surface area (Å²) in [7, 11) is 0. The molecule has 15 heavy (non-hydrogen) atoms. The van der Waals surface area contributed by atoms with Crippen LogP contribution in [0.5, 0.6) is 0 Å². The molecule has 1 nitrogen and oxygen atoms in total. The molecule has 1 saturated carbocycles. The number of hydrogen-bond acceptors (Lipinski definition) is 1. The van der Waals surface area contributed by atoms with Crippen molar-refractivity contribution in [2.75, 3.05) is 6.54 Å². The largest absolute Gasteiger partial charge is 0.314 e. The highest BCUT2D eigenvalue weighted by molar-refractivity contribution is 5.16. The van der Waals surface area contributed by atoms with E-state index >= 15 is 0 Å². The summed E-state index contributed by atoms with van der Waals surface area (Å²) in [6.07, 6.45) is 3.75. The molecule has 0 spiro atoms. The molecule has 1 aliphatic rings. The molecule has 1 aromatic carbocycles. The second-order valence-electron chi connectivity index (χ2n) is 4.58. The van der Waals surface area contributed by atoms with E-state index in [1.54, 1.807) is 0 Å². The Balaban J connectivity index is 1.76. The Morgan fingerprint density at radius 3 is 2.60 bits per heavy atom. The lowest BCUT2D eigenvalue weighted by molar-refractivity contribution is 0.525. The second kappa shape index (κ2) is 4.75. The summed E-state index contributed by atoms with van der Waals surface area (Å²) in [5.74, 6) is 0.762. The van der Waals surface area contributed by atoms with Crippen LogP contribution >= 0.6 is 0 Å². The minimum Gasteiger partial charge on any atom is -0.314 e. The van der Waals surface area contributed by atoms with Crippen LogP contribution in [-0.2, 0) is 6.42 Å². The van der Waals surface area contributed by atoms with Crippen LogP contribution in [-0.4, -0.2) is 12.6 Å². The fraction of sp³-hybridized carbons (Fsp3) is 0.538. The van der Waals surface area contributed by atoms with Gasteiger partial charge in [0.05, 0.1) is 0 Å². The number of halogens is 1. The van der Waals surface area contributed by atoms with Crippen molar-refractivity contribution in [2.45, 2.75) is 32.2 Å². The maximum Gasteiger partial charge on any atom is 0.123 e. The van der Waals surface area contributed by atoms with Gasteiger partial charge in [0.1, 0.15) is 5.82 Å². The normalized spacial score (nSPS) is 17.7. The van der Waals surface area contributed by atoms with Gasteiger partial charge in [-0.1, -0.05) is 12.1 Å². The Hall–Kier alpha value is -0.890. The third-order valence-corrected chi connectivity index (χ3v) is 2.91. The molecule has 1 atom stereocenters. The molecule has 1 unspecified atom stereocenters. The van der Waals surface area contributed by atoms with Crippen molar-refractivity contribution in [3.05, 3.63) is 35.6 Å². The van der Waals surface area contributed by atoms with Gasteiger partial charge in [-0.05, 0) is 56.3 Å². The monoisotopic (exact) mass is 207 g/mol. The highest BCUT2D eigenvalue weighted by Crippen LogP contribution is 2.27. The molecule has 82 valence electrons. The van der Waals surface area contributed by atoms with Crippen molar-refractivity contribution >= 4 is 0 Å². The van der Waals surface area contributed by atoms with Gasteiger partial charge in [-0.2, -0.15) is 0 Å². The van der Waals surface area contributed by atoms with Gasteiger partial charge >= 0.3 is 0 Å². The molecule has 0 radical (unpaired) electrons. The zero-order valence-corrected chi connectivity index (χ0v) is 9.17. The summed E-state index contributed by atoms with van der Waals surface area (Å²) in [5, 5.41) is 3.51. The molecule has 2 heteroatoms. The molecular weight excluding hydrogens is 189 g/mol. The molecule has 1 aliphatic carbocycles. The van der Waals surface area contributed by atoms with Crippen molar-refractivity contribution in [2.24, 2.45) is 5.92 Å². The zero-order valence-electron chi connectivity index (χ0n) is 9.17. The van der Waals surface area contributed by atoms with Gasteiger partial charge in [0.25, 0.3) is 0 Å². The highest BCUT2D eigenvalue weighted by Gasteiger charge is 2.21. The first kappa shape index (κ1) is 10.6. The molecule has 1 N–H and O–H groups in total. The van der Waals surface area contributed by atoms with Crippen LogP contribution < -0.4 is 5.32 Å². The summed E-state index contributed by atoms with van der Waals surface area (Å²) in [4.78, 5) is 0. The number of benzene rings is 1. The van der Waals surface area contributed by atoms with Crippen LogP contribution in [0.25, 0.3) is 0 Å². The van der Waals surface area contributed by atoms with E-state index in [9.17, 15) is 4.39 Å². The first-order valence-electron chi connectivity index (χ1n) is 5.72. The van der Waals surface area contributed by atoms with E-state index < -0.39 is 0 Å². The molecule has 1 aromatic rings. The Labute approximate surface area is 90.7 Å². The molecule has 0 bridgehead atoms. The van der Waals surface area contributed by atoms with E-state index in [0.717, 1.165) is 18.9 Å². The van der Waals surface area contributed by atoms with E-state index in [2.05, 4.69) is 12.2 Å². The maximum atomic E-state index is 12.7. The van der Waals surface area contributed by atoms with Gasteiger partial charge in [-0.25, -0.2) is 4.39 Å². The maximum absolute atomic E-state index is 12.7. The molecule has 1 fully saturated rings. The molecule has 2 rings (SSSR count). The predicted molar refractivity (Wildman–Crippen MR) is 60.3 cm³/mol. The first-order valence-corrected chi connectivity index (χ1v) is 5.72. The standard InChI is InChI=1S/C13H18FN/c1-10(15-9-12-2-3-12)8-11-4-6-13(14)7-5-11/h4-7,10,12,15H,2-3,8-9H2,1H3. The highest BCUT2D eigenvalue weighted by atomic mass is 19.1. The smallest absolute Gasteiger partial charge is 0.123 e. The van der Waals surface area contributed by atoms with Crippen molar-refractivity contribution < 1.29 is 4.39 Å². The quantitative estimate of drug-likeness (QED) is 0.783. The third-order valence-electron chi connectivity index (χ3n) is 2.91. The van der Waals surface area contributed by atoms with Crippen LogP contribution in [0, 0.1) is 11.7 Å². The summed E-state index contributed by atoms with van der Waals surface area (Å²) in [6, 6.07) is 7.28. The predicted octanol–water partition coefficient (Wildman–Crippen LogP) is 2.76. The van der Waals surface area contributed by atoms with Crippen LogP contribution in [0.3, 0.4) is 0 Å². The van der Waals surface area contributed by atoms with E-state index in [4.69, 9.17) is 0 Å². The number of hydrogen-bond donors (Lipinski definition) is 1. The first-order chi connectivity index (χ1) is 7.24. The van der Waals surface area contributed by atoms with E-state index in [1.165, 1.54) is 30.5 Å². The SMILES string of the molecule is CC(Cc1ccc(F)cc1)NCC1CC1. The summed E-state index contributed by atoms with van der Waals surface area (Å²) >= 11 is 0. The average molecular weight is 207 g/mol. The average Bonchev–Trinajstić information content (AvgIpc) is 3.02. The molecule has 0 saturated heterocycles. The summed E-state index contributed by atoms with van der Waals surface area (Å²) in [5.41, 5.74) is 1.20. The van der Waals surface area contributed by atoms with E-state index in [1.807, 2.05) is 12.1 Å². The van der Waals surface area contributed by atoms with Gasteiger partial charge < -0.3 is 5.32 Å². The van der Waals surface area contributed by atoms with E-state index in [-0.39, 0.29) is 5.82 Å². The molecule has 0 amide bonds. The summed E-state index contributed by atoms with van der Waals surface area (Å²) in [6.45, 7) is 3.33. The minimum atomic E-state index is -0.155. The Morgan fingerprint density at radius 2 is 2.00 bits per heavy atom. The van der Waals surface area contributed by atoms with Gasteiger partial charge in [0.2, 0.25) is 0 Å². The Bertz CT molecular complexity index is 303. The van der Waals surface area contributed by atoms with Crippen molar-refractivity contribution in [3.63, 3.8) is 0 Å². The molecule has 0 aliphatic heterocycles. The van der Waals surface area contributed by atoms with Crippen molar-refractivity contribution in [1.29, 1.82) is 0 Å². The van der Waals surface area contributed by atoms with E-state index in [0.29, 0.717) is 6.04 Å². The third kappa shape index (κ3) is 3.63. The summed E-state index contributed by atoms with van der Waals surface area (Å²) < 4.78 is 12.7. The van der Waals surface area contributed by atoms with Crippen LogP contribution in [0.4, 0.5) is 4.39 Å². The lowest BCUT2D eigenvalue weighted by Gasteiger charge is -2.13. The van der Waals surface area contributed by atoms with Crippen LogP contribution in [0.1, 0.15) is 25.3 Å². The van der Waals surface area contributed by atoms with Crippen LogP contribution in [0.2, 0.25) is 0 Å². The van der Waals surface area contributed by atoms with Gasteiger partial charge in [-0.15, -0.1) is 0 Å². The fourth-order valence-corrected chi connectivity index (χ4v) is 1.74. The Morgan fingerprint density at radius 1 is 1.33 bits per heavy atom. The Kier molecular flexibility index (Phi) is 3.37. The second-order valence-corrected chi connectivity index (χ2v) is 4.58. The van der Waals surface area contributed by atoms with Gasteiger partial charge in [0, 0.05) is 6.04 Å². The fourth-order valence-electron chi connectivity index (χ4n) is 1.74. The number of nitrogens with one attached hydrogen (secondary N) is 1. The van der Waals surface area contributed by atoms with Crippen molar-refractivity contribution in [1.82, 2.24) is 5.32 Å². The molecule has 0 heterocycles. The lowest BCUT2D eigenvalue weighted by atomic mass is 10.1. The molecule has 0 aromatic heterocycles. The van der Waals surface area contributed by atoms with Gasteiger partial charge in [-0.3, -0.25) is 0 Å². The number of rotatable bonds is 5.